The van der Waals surface area contributed by atoms with Gasteiger partial charge in [0, 0.05) is 6.61 Å². The van der Waals surface area contributed by atoms with Gasteiger partial charge in [0.25, 0.3) is 5.89 Å². The number of nitriles is 1. The Balaban J connectivity index is 2.22. The average Bonchev–Trinajstić information content (AvgIpc) is 3.03. The van der Waals surface area contributed by atoms with Gasteiger partial charge in [-0.15, -0.1) is 0 Å². The predicted octanol–water partition coefficient (Wildman–Crippen LogP) is 2.42. The SMILES string of the molecule is CCOC(CC)c1noc(-c2ccc(C#N)[nH]2)n1. The van der Waals surface area contributed by atoms with E-state index in [1.54, 1.807) is 12.1 Å². The molecule has 18 heavy (non-hydrogen) atoms. The number of ether oxygens (including phenoxy) is 1. The summed E-state index contributed by atoms with van der Waals surface area (Å²) in [5.74, 6) is 0.895. The summed E-state index contributed by atoms with van der Waals surface area (Å²) in [5, 5.41) is 12.6. The smallest absolute Gasteiger partial charge is 0.274 e. The fraction of sp³-hybridized carbons (Fsp3) is 0.417. The van der Waals surface area contributed by atoms with Crippen LogP contribution in [0.15, 0.2) is 16.7 Å². The molecule has 2 aromatic rings. The number of nitrogens with one attached hydrogen (secondary N) is 1. The van der Waals surface area contributed by atoms with Crippen molar-refractivity contribution in [2.45, 2.75) is 26.4 Å². The van der Waals surface area contributed by atoms with Crippen molar-refractivity contribution in [2.24, 2.45) is 0 Å². The van der Waals surface area contributed by atoms with Crippen molar-refractivity contribution in [1.29, 1.82) is 5.26 Å². The van der Waals surface area contributed by atoms with E-state index in [-0.39, 0.29) is 6.10 Å². The van der Waals surface area contributed by atoms with Crippen molar-refractivity contribution in [3.05, 3.63) is 23.7 Å². The number of hydrogen-bond acceptors (Lipinski definition) is 5. The zero-order chi connectivity index (χ0) is 13.0. The molecule has 0 bridgehead atoms. The lowest BCUT2D eigenvalue weighted by atomic mass is 10.2. The molecule has 1 N–H and O–H groups in total. The van der Waals surface area contributed by atoms with Crippen LogP contribution in [0.2, 0.25) is 0 Å². The first-order valence-corrected chi connectivity index (χ1v) is 5.83. The predicted molar refractivity (Wildman–Crippen MR) is 63.5 cm³/mol. The first-order valence-electron chi connectivity index (χ1n) is 5.83. The van der Waals surface area contributed by atoms with Crippen LogP contribution >= 0.6 is 0 Å². The van der Waals surface area contributed by atoms with Crippen LogP contribution in [-0.2, 0) is 4.74 Å². The van der Waals surface area contributed by atoms with E-state index in [0.29, 0.717) is 29.7 Å². The Labute approximate surface area is 105 Å². The second-order valence-electron chi connectivity index (χ2n) is 3.71. The molecule has 1 atom stereocenters. The Bertz CT molecular complexity index is 552. The number of hydrogen-bond donors (Lipinski definition) is 1. The van der Waals surface area contributed by atoms with E-state index in [2.05, 4.69) is 15.1 Å². The summed E-state index contributed by atoms with van der Waals surface area (Å²) in [6.07, 6.45) is 0.624. The van der Waals surface area contributed by atoms with Gasteiger partial charge in [0.2, 0.25) is 5.82 Å². The van der Waals surface area contributed by atoms with Gasteiger partial charge >= 0.3 is 0 Å². The van der Waals surface area contributed by atoms with Crippen LogP contribution in [0.1, 0.15) is 37.9 Å². The van der Waals surface area contributed by atoms with E-state index < -0.39 is 0 Å². The van der Waals surface area contributed by atoms with Crippen molar-refractivity contribution in [3.63, 3.8) is 0 Å². The minimum atomic E-state index is -0.155. The Morgan fingerprint density at radius 2 is 2.33 bits per heavy atom. The molecular weight excluding hydrogens is 232 g/mol. The van der Waals surface area contributed by atoms with Gasteiger partial charge in [-0.2, -0.15) is 10.2 Å². The second-order valence-corrected chi connectivity index (χ2v) is 3.71. The van der Waals surface area contributed by atoms with E-state index in [4.69, 9.17) is 14.5 Å². The van der Waals surface area contributed by atoms with E-state index in [9.17, 15) is 0 Å². The van der Waals surface area contributed by atoms with E-state index in [1.807, 2.05) is 19.9 Å². The standard InChI is InChI=1S/C12H14N4O2/c1-3-10(17-4-2)11-15-12(18-16-11)9-6-5-8(7-13)14-9/h5-6,10,14H,3-4H2,1-2H3. The summed E-state index contributed by atoms with van der Waals surface area (Å²) in [6.45, 7) is 4.52. The number of rotatable bonds is 5. The molecule has 0 amide bonds. The highest BCUT2D eigenvalue weighted by atomic mass is 16.5. The molecule has 0 aliphatic carbocycles. The zero-order valence-corrected chi connectivity index (χ0v) is 10.3. The maximum Gasteiger partial charge on any atom is 0.274 e. The summed E-state index contributed by atoms with van der Waals surface area (Å²) in [5.41, 5.74) is 1.10. The van der Waals surface area contributed by atoms with E-state index in [0.717, 1.165) is 6.42 Å². The van der Waals surface area contributed by atoms with Crippen LogP contribution in [0.25, 0.3) is 11.6 Å². The highest BCUT2D eigenvalue weighted by Gasteiger charge is 2.18. The highest BCUT2D eigenvalue weighted by molar-refractivity contribution is 5.49. The minimum absolute atomic E-state index is 0.155. The molecule has 0 saturated heterocycles. The monoisotopic (exact) mass is 246 g/mol. The third-order valence-corrected chi connectivity index (χ3v) is 2.51. The molecule has 94 valence electrons. The van der Waals surface area contributed by atoms with Crippen LogP contribution in [-0.4, -0.2) is 21.7 Å². The third-order valence-electron chi connectivity index (χ3n) is 2.51. The minimum Gasteiger partial charge on any atom is -0.370 e. The first kappa shape index (κ1) is 12.3. The van der Waals surface area contributed by atoms with Crippen LogP contribution in [0.5, 0.6) is 0 Å². The number of aromatic amines is 1. The van der Waals surface area contributed by atoms with Crippen molar-refractivity contribution in [2.75, 3.05) is 6.61 Å². The lowest BCUT2D eigenvalue weighted by molar-refractivity contribution is 0.0518. The molecule has 2 heterocycles. The molecule has 6 heteroatoms. The lowest BCUT2D eigenvalue weighted by Gasteiger charge is -2.09. The van der Waals surface area contributed by atoms with Gasteiger partial charge < -0.3 is 14.2 Å². The average molecular weight is 246 g/mol. The van der Waals surface area contributed by atoms with Gasteiger partial charge in [0.05, 0.1) is 0 Å². The highest BCUT2D eigenvalue weighted by Crippen LogP contribution is 2.22. The molecule has 0 radical (unpaired) electrons. The summed E-state index contributed by atoms with van der Waals surface area (Å²) < 4.78 is 10.7. The van der Waals surface area contributed by atoms with Crippen molar-refractivity contribution >= 4 is 0 Å². The molecule has 0 saturated carbocycles. The molecule has 0 aliphatic heterocycles. The molecule has 1 unspecified atom stereocenters. The molecular formula is C12H14N4O2. The summed E-state index contributed by atoms with van der Waals surface area (Å²) in [6, 6.07) is 5.41. The summed E-state index contributed by atoms with van der Waals surface area (Å²) in [7, 11) is 0. The lowest BCUT2D eigenvalue weighted by Crippen LogP contribution is -2.04. The first-order chi connectivity index (χ1) is 8.78. The van der Waals surface area contributed by atoms with Gasteiger partial charge in [-0.25, -0.2) is 0 Å². The van der Waals surface area contributed by atoms with Crippen molar-refractivity contribution < 1.29 is 9.26 Å². The van der Waals surface area contributed by atoms with Crippen molar-refractivity contribution in [3.8, 4) is 17.7 Å². The van der Waals surface area contributed by atoms with Crippen LogP contribution in [0.4, 0.5) is 0 Å². The molecule has 6 nitrogen and oxygen atoms in total. The maximum atomic E-state index is 8.73. The zero-order valence-electron chi connectivity index (χ0n) is 10.3. The van der Waals surface area contributed by atoms with Gasteiger partial charge in [0.15, 0.2) is 0 Å². The Morgan fingerprint density at radius 3 is 2.94 bits per heavy atom. The Kier molecular flexibility index (Phi) is 3.75. The Morgan fingerprint density at radius 1 is 1.50 bits per heavy atom. The van der Waals surface area contributed by atoms with E-state index in [1.165, 1.54) is 0 Å². The van der Waals surface area contributed by atoms with Gasteiger partial charge in [0.1, 0.15) is 23.6 Å². The molecule has 0 spiro atoms. The third kappa shape index (κ3) is 2.41. The van der Waals surface area contributed by atoms with Gasteiger partial charge in [-0.1, -0.05) is 12.1 Å². The number of aromatic nitrogens is 3. The molecule has 2 rings (SSSR count). The maximum absolute atomic E-state index is 8.73. The number of nitrogens with zero attached hydrogens (tertiary/aromatic N) is 3. The molecule has 0 aliphatic rings. The summed E-state index contributed by atoms with van der Waals surface area (Å²) in [4.78, 5) is 7.16. The molecule has 0 aromatic carbocycles. The van der Waals surface area contributed by atoms with E-state index >= 15 is 0 Å². The Hall–Kier alpha value is -2.13. The topological polar surface area (TPSA) is 87.7 Å². The molecule has 0 fully saturated rings. The quantitative estimate of drug-likeness (QED) is 0.875. The van der Waals surface area contributed by atoms with Gasteiger partial charge in [-0.3, -0.25) is 0 Å². The normalized spacial score (nSPS) is 12.3. The molecule has 2 aromatic heterocycles. The summed E-state index contributed by atoms with van der Waals surface area (Å²) >= 11 is 0. The fourth-order valence-electron chi connectivity index (χ4n) is 1.64. The second kappa shape index (κ2) is 5.47. The van der Waals surface area contributed by atoms with Gasteiger partial charge in [-0.05, 0) is 25.5 Å². The van der Waals surface area contributed by atoms with Crippen molar-refractivity contribution in [1.82, 2.24) is 15.1 Å². The number of H-pyrrole nitrogens is 1. The van der Waals surface area contributed by atoms with Crippen LogP contribution < -0.4 is 0 Å². The van der Waals surface area contributed by atoms with Crippen LogP contribution in [0, 0.1) is 11.3 Å². The fourth-order valence-corrected chi connectivity index (χ4v) is 1.64. The largest absolute Gasteiger partial charge is 0.370 e. The van der Waals surface area contributed by atoms with Crippen LogP contribution in [0.3, 0.4) is 0 Å².